The van der Waals surface area contributed by atoms with E-state index in [0.29, 0.717) is 0 Å². The summed E-state index contributed by atoms with van der Waals surface area (Å²) in [6.45, 7) is 0.859. The number of hydrogen-bond donors (Lipinski definition) is 2. The number of aromatic nitrogens is 2. The van der Waals surface area contributed by atoms with E-state index in [2.05, 4.69) is 20.6 Å². The third-order valence-electron chi connectivity index (χ3n) is 3.00. The molecule has 0 saturated carbocycles. The van der Waals surface area contributed by atoms with Crippen molar-refractivity contribution >= 4 is 17.5 Å². The number of anilines is 2. The second kappa shape index (κ2) is 4.99. The van der Waals surface area contributed by atoms with Crippen molar-refractivity contribution in [1.82, 2.24) is 15.3 Å². The summed E-state index contributed by atoms with van der Waals surface area (Å²) in [6, 6.07) is 1.75. The smallest absolute Gasteiger partial charge is 0.242 e. The minimum atomic E-state index is -0.111. The van der Waals surface area contributed by atoms with Gasteiger partial charge in [0, 0.05) is 26.7 Å². The van der Waals surface area contributed by atoms with Gasteiger partial charge in [0.05, 0.1) is 0 Å². The van der Waals surface area contributed by atoms with Gasteiger partial charge in [-0.1, -0.05) is 0 Å². The third-order valence-corrected chi connectivity index (χ3v) is 3.00. The van der Waals surface area contributed by atoms with E-state index in [-0.39, 0.29) is 11.9 Å². The van der Waals surface area contributed by atoms with Crippen molar-refractivity contribution in [1.29, 1.82) is 0 Å². The number of hydrogen-bond acceptors (Lipinski definition) is 5. The molecule has 17 heavy (non-hydrogen) atoms. The van der Waals surface area contributed by atoms with Crippen LogP contribution in [0.5, 0.6) is 0 Å². The van der Waals surface area contributed by atoms with Crippen LogP contribution in [0.3, 0.4) is 0 Å². The van der Waals surface area contributed by atoms with Gasteiger partial charge in [0.15, 0.2) is 0 Å². The fourth-order valence-electron chi connectivity index (χ4n) is 2.12. The molecule has 1 fully saturated rings. The largest absolute Gasteiger partial charge is 0.373 e. The Morgan fingerprint density at radius 1 is 1.47 bits per heavy atom. The SMILES string of the molecule is CNC(=O)C1CCCN1c1cc(NC)ncn1. The fraction of sp³-hybridized carbons (Fsp3) is 0.545. The van der Waals surface area contributed by atoms with Crippen LogP contribution in [0.25, 0.3) is 0 Å². The highest BCUT2D eigenvalue weighted by Crippen LogP contribution is 2.24. The average molecular weight is 235 g/mol. The van der Waals surface area contributed by atoms with Gasteiger partial charge >= 0.3 is 0 Å². The van der Waals surface area contributed by atoms with Crippen LogP contribution in [0.4, 0.5) is 11.6 Å². The van der Waals surface area contributed by atoms with Crippen LogP contribution in [0.1, 0.15) is 12.8 Å². The number of amides is 1. The zero-order valence-electron chi connectivity index (χ0n) is 10.1. The number of nitrogens with zero attached hydrogens (tertiary/aromatic N) is 3. The molecule has 1 aliphatic rings. The quantitative estimate of drug-likeness (QED) is 0.785. The average Bonchev–Trinajstić information content (AvgIpc) is 2.87. The highest BCUT2D eigenvalue weighted by molar-refractivity contribution is 5.85. The molecule has 6 heteroatoms. The normalized spacial score (nSPS) is 19.2. The third kappa shape index (κ3) is 2.30. The van der Waals surface area contributed by atoms with Crippen LogP contribution >= 0.6 is 0 Å². The Kier molecular flexibility index (Phi) is 3.41. The molecule has 1 amide bonds. The van der Waals surface area contributed by atoms with Crippen molar-refractivity contribution in [3.05, 3.63) is 12.4 Å². The maximum Gasteiger partial charge on any atom is 0.242 e. The first-order valence-corrected chi connectivity index (χ1v) is 5.74. The molecule has 1 aromatic rings. The Balaban J connectivity index is 2.22. The summed E-state index contributed by atoms with van der Waals surface area (Å²) < 4.78 is 0. The van der Waals surface area contributed by atoms with Crippen molar-refractivity contribution < 1.29 is 4.79 Å². The van der Waals surface area contributed by atoms with Gasteiger partial charge in [0.25, 0.3) is 0 Å². The van der Waals surface area contributed by atoms with E-state index in [1.54, 1.807) is 7.05 Å². The maximum absolute atomic E-state index is 11.7. The van der Waals surface area contributed by atoms with Crippen LogP contribution in [0, 0.1) is 0 Å². The Labute approximate surface area is 100 Å². The number of carbonyl (C=O) groups is 1. The lowest BCUT2D eigenvalue weighted by molar-refractivity contribution is -0.121. The van der Waals surface area contributed by atoms with E-state index >= 15 is 0 Å². The molecule has 0 bridgehead atoms. The second-order valence-electron chi connectivity index (χ2n) is 3.98. The molecule has 0 radical (unpaired) electrons. The van der Waals surface area contributed by atoms with Gasteiger partial charge in [-0.25, -0.2) is 9.97 Å². The van der Waals surface area contributed by atoms with E-state index in [1.165, 1.54) is 6.33 Å². The number of rotatable bonds is 3. The minimum absolute atomic E-state index is 0.0483. The fourth-order valence-corrected chi connectivity index (χ4v) is 2.12. The standard InChI is InChI=1S/C11H17N5O/c1-12-9-6-10(15-7-14-9)16-5-3-4-8(16)11(17)13-2/h6-8H,3-5H2,1-2H3,(H,13,17)(H,12,14,15). The first-order valence-electron chi connectivity index (χ1n) is 5.74. The predicted molar refractivity (Wildman–Crippen MR) is 66.0 cm³/mol. The molecule has 6 nitrogen and oxygen atoms in total. The van der Waals surface area contributed by atoms with Crippen molar-refractivity contribution in [3.63, 3.8) is 0 Å². The topological polar surface area (TPSA) is 70.2 Å². The molecule has 2 rings (SSSR count). The zero-order chi connectivity index (χ0) is 12.3. The Morgan fingerprint density at radius 2 is 2.29 bits per heavy atom. The highest BCUT2D eigenvalue weighted by atomic mass is 16.2. The molecule has 0 aromatic carbocycles. The number of carbonyl (C=O) groups excluding carboxylic acids is 1. The van der Waals surface area contributed by atoms with Gasteiger partial charge in [-0.3, -0.25) is 4.79 Å². The van der Waals surface area contributed by atoms with Crippen molar-refractivity contribution in [2.45, 2.75) is 18.9 Å². The molecule has 92 valence electrons. The minimum Gasteiger partial charge on any atom is -0.373 e. The predicted octanol–water partition coefficient (Wildman–Crippen LogP) is 0.233. The molecular weight excluding hydrogens is 218 g/mol. The van der Waals surface area contributed by atoms with Gasteiger partial charge in [0.1, 0.15) is 24.0 Å². The van der Waals surface area contributed by atoms with Gasteiger partial charge in [-0.05, 0) is 12.8 Å². The Hall–Kier alpha value is -1.85. The van der Waals surface area contributed by atoms with Gasteiger partial charge in [-0.2, -0.15) is 0 Å². The molecule has 2 N–H and O–H groups in total. The van der Waals surface area contributed by atoms with Crippen LogP contribution < -0.4 is 15.5 Å². The summed E-state index contributed by atoms with van der Waals surface area (Å²) in [5, 5.41) is 5.67. The molecule has 1 unspecified atom stereocenters. The molecule has 1 atom stereocenters. The van der Waals surface area contributed by atoms with E-state index in [9.17, 15) is 4.79 Å². The monoisotopic (exact) mass is 235 g/mol. The Morgan fingerprint density at radius 3 is 3.00 bits per heavy atom. The van der Waals surface area contributed by atoms with Gasteiger partial charge < -0.3 is 15.5 Å². The lowest BCUT2D eigenvalue weighted by atomic mass is 10.2. The molecule has 0 spiro atoms. The van der Waals surface area contributed by atoms with Crippen LogP contribution in [-0.2, 0) is 4.79 Å². The van der Waals surface area contributed by atoms with Crippen molar-refractivity contribution in [3.8, 4) is 0 Å². The van der Waals surface area contributed by atoms with Crippen LogP contribution in [-0.4, -0.2) is 42.6 Å². The van der Waals surface area contributed by atoms with Crippen molar-refractivity contribution in [2.24, 2.45) is 0 Å². The number of likely N-dealkylation sites (N-methyl/N-ethyl adjacent to an activating group) is 1. The summed E-state index contributed by atoms with van der Waals surface area (Å²) in [7, 11) is 3.48. The van der Waals surface area contributed by atoms with E-state index in [1.807, 2.05) is 18.0 Å². The molecule has 2 heterocycles. The molecule has 1 aromatic heterocycles. The molecule has 1 saturated heterocycles. The van der Waals surface area contributed by atoms with E-state index in [4.69, 9.17) is 0 Å². The molecular formula is C11H17N5O. The Bertz CT molecular complexity index is 409. The molecule has 1 aliphatic heterocycles. The van der Waals surface area contributed by atoms with E-state index in [0.717, 1.165) is 31.0 Å². The van der Waals surface area contributed by atoms with Crippen LogP contribution in [0.15, 0.2) is 12.4 Å². The summed E-state index contributed by atoms with van der Waals surface area (Å²) in [6.07, 6.45) is 3.40. The first-order chi connectivity index (χ1) is 8.26. The first kappa shape index (κ1) is 11.6. The lowest BCUT2D eigenvalue weighted by Gasteiger charge is -2.24. The second-order valence-corrected chi connectivity index (χ2v) is 3.98. The molecule has 0 aliphatic carbocycles. The van der Waals surface area contributed by atoms with Gasteiger partial charge in [0.2, 0.25) is 5.91 Å². The van der Waals surface area contributed by atoms with Gasteiger partial charge in [-0.15, -0.1) is 0 Å². The summed E-state index contributed by atoms with van der Waals surface area (Å²) >= 11 is 0. The lowest BCUT2D eigenvalue weighted by Crippen LogP contribution is -2.42. The summed E-state index contributed by atoms with van der Waals surface area (Å²) in [5.74, 6) is 1.61. The van der Waals surface area contributed by atoms with Crippen LogP contribution in [0.2, 0.25) is 0 Å². The summed E-state index contributed by atoms with van der Waals surface area (Å²) in [5.41, 5.74) is 0. The maximum atomic E-state index is 11.7. The zero-order valence-corrected chi connectivity index (χ0v) is 10.1. The number of nitrogens with one attached hydrogen (secondary N) is 2. The van der Waals surface area contributed by atoms with E-state index < -0.39 is 0 Å². The van der Waals surface area contributed by atoms with Crippen molar-refractivity contribution in [2.75, 3.05) is 30.9 Å². The highest BCUT2D eigenvalue weighted by Gasteiger charge is 2.30. The summed E-state index contributed by atoms with van der Waals surface area (Å²) in [4.78, 5) is 22.1.